The van der Waals surface area contributed by atoms with Gasteiger partial charge in [0.2, 0.25) is 0 Å². The Balaban J connectivity index is 2.36. The highest BCUT2D eigenvalue weighted by atomic mass is 19.3. The number of benzene rings is 2. The topological polar surface area (TPSA) is 20.2 Å². The van der Waals surface area contributed by atoms with E-state index >= 15 is 0 Å². The first-order valence-electron chi connectivity index (χ1n) is 5.61. The van der Waals surface area contributed by atoms with E-state index in [4.69, 9.17) is 0 Å². The molecule has 2 aromatic rings. The Morgan fingerprint density at radius 3 is 1.85 bits per heavy atom. The number of alkyl halides is 2. The first-order valence-corrected chi connectivity index (χ1v) is 5.61. The molecule has 1 unspecified atom stereocenters. The summed E-state index contributed by atoms with van der Waals surface area (Å²) in [6, 6.07) is 6.08. The van der Waals surface area contributed by atoms with Crippen molar-refractivity contribution in [3.05, 3.63) is 70.5 Å². The van der Waals surface area contributed by atoms with Crippen molar-refractivity contribution in [1.29, 1.82) is 0 Å². The fourth-order valence-corrected chi connectivity index (χ4v) is 1.76. The van der Waals surface area contributed by atoms with E-state index < -0.39 is 35.5 Å². The van der Waals surface area contributed by atoms with Crippen LogP contribution in [-0.2, 0) is 0 Å². The molecule has 0 heterocycles. The molecule has 20 heavy (non-hydrogen) atoms. The number of aliphatic hydroxyl groups is 1. The summed E-state index contributed by atoms with van der Waals surface area (Å²) in [4.78, 5) is 0. The highest BCUT2D eigenvalue weighted by Gasteiger charge is 2.20. The molecule has 0 aliphatic carbocycles. The fourth-order valence-electron chi connectivity index (χ4n) is 1.76. The van der Waals surface area contributed by atoms with E-state index in [0.717, 1.165) is 18.2 Å². The Bertz CT molecular complexity index is 610. The molecule has 0 saturated heterocycles. The van der Waals surface area contributed by atoms with E-state index in [2.05, 4.69) is 0 Å². The number of rotatable bonds is 3. The van der Waals surface area contributed by atoms with Crippen molar-refractivity contribution in [3.63, 3.8) is 0 Å². The molecule has 106 valence electrons. The molecular formula is C14H9F5O. The molecule has 0 amide bonds. The van der Waals surface area contributed by atoms with E-state index in [-0.39, 0.29) is 11.1 Å². The van der Waals surface area contributed by atoms with Crippen molar-refractivity contribution in [2.24, 2.45) is 0 Å². The Labute approximate surface area is 111 Å². The van der Waals surface area contributed by atoms with Gasteiger partial charge in [-0.2, -0.15) is 0 Å². The largest absolute Gasteiger partial charge is 0.384 e. The molecule has 0 aliphatic heterocycles. The van der Waals surface area contributed by atoms with E-state index in [1.807, 2.05) is 0 Å². The van der Waals surface area contributed by atoms with Crippen molar-refractivity contribution in [1.82, 2.24) is 0 Å². The van der Waals surface area contributed by atoms with Gasteiger partial charge in [0.05, 0.1) is 0 Å². The third kappa shape index (κ3) is 2.65. The zero-order valence-corrected chi connectivity index (χ0v) is 9.96. The Kier molecular flexibility index (Phi) is 4.04. The van der Waals surface area contributed by atoms with Gasteiger partial charge >= 0.3 is 0 Å². The highest BCUT2D eigenvalue weighted by molar-refractivity contribution is 5.33. The molecule has 0 aliphatic rings. The van der Waals surface area contributed by atoms with Gasteiger partial charge in [0.25, 0.3) is 6.43 Å². The van der Waals surface area contributed by atoms with Crippen LogP contribution < -0.4 is 0 Å². The van der Waals surface area contributed by atoms with Crippen molar-refractivity contribution >= 4 is 0 Å². The number of aliphatic hydroxyl groups excluding tert-OH is 1. The molecule has 0 saturated carbocycles. The van der Waals surface area contributed by atoms with E-state index in [9.17, 15) is 27.1 Å². The quantitative estimate of drug-likeness (QED) is 0.665. The van der Waals surface area contributed by atoms with Gasteiger partial charge in [-0.15, -0.1) is 0 Å². The smallest absolute Gasteiger partial charge is 0.263 e. The lowest BCUT2D eigenvalue weighted by Gasteiger charge is -2.13. The summed E-state index contributed by atoms with van der Waals surface area (Å²) in [5.41, 5.74) is -0.625. The van der Waals surface area contributed by atoms with Gasteiger partial charge in [0.15, 0.2) is 17.5 Å². The van der Waals surface area contributed by atoms with Crippen LogP contribution in [-0.4, -0.2) is 5.11 Å². The molecule has 2 rings (SSSR count). The lowest BCUT2D eigenvalue weighted by atomic mass is 9.99. The maximum atomic E-state index is 13.5. The summed E-state index contributed by atoms with van der Waals surface area (Å²) >= 11 is 0. The van der Waals surface area contributed by atoms with Gasteiger partial charge in [-0.25, -0.2) is 22.0 Å². The summed E-state index contributed by atoms with van der Waals surface area (Å²) in [7, 11) is 0. The summed E-state index contributed by atoms with van der Waals surface area (Å²) in [6.07, 6.45) is -4.24. The van der Waals surface area contributed by atoms with Gasteiger partial charge in [-0.3, -0.25) is 0 Å². The molecule has 6 heteroatoms. The van der Waals surface area contributed by atoms with Crippen LogP contribution in [0.2, 0.25) is 0 Å². The van der Waals surface area contributed by atoms with Crippen molar-refractivity contribution < 1.29 is 27.1 Å². The normalized spacial score (nSPS) is 12.8. The SMILES string of the molecule is OC(c1ccc(C(F)F)cc1)c1ccc(F)c(F)c1F. The van der Waals surface area contributed by atoms with E-state index in [0.29, 0.717) is 6.07 Å². The van der Waals surface area contributed by atoms with Crippen LogP contribution in [0.5, 0.6) is 0 Å². The Morgan fingerprint density at radius 1 is 0.750 bits per heavy atom. The molecule has 0 radical (unpaired) electrons. The minimum absolute atomic E-state index is 0.0966. The lowest BCUT2D eigenvalue weighted by Crippen LogP contribution is -2.06. The van der Waals surface area contributed by atoms with Crippen molar-refractivity contribution in [3.8, 4) is 0 Å². The molecule has 0 bridgehead atoms. The Morgan fingerprint density at radius 2 is 1.30 bits per heavy atom. The zero-order chi connectivity index (χ0) is 14.9. The van der Waals surface area contributed by atoms with Gasteiger partial charge in [0.1, 0.15) is 6.10 Å². The molecule has 2 aromatic carbocycles. The first-order chi connectivity index (χ1) is 9.41. The zero-order valence-electron chi connectivity index (χ0n) is 9.96. The van der Waals surface area contributed by atoms with Crippen molar-refractivity contribution in [2.45, 2.75) is 12.5 Å². The van der Waals surface area contributed by atoms with Gasteiger partial charge in [-0.1, -0.05) is 30.3 Å². The summed E-state index contributed by atoms with van der Waals surface area (Å²) in [6.45, 7) is 0. The predicted molar refractivity (Wildman–Crippen MR) is 61.8 cm³/mol. The second-order valence-electron chi connectivity index (χ2n) is 4.13. The number of hydrogen-bond acceptors (Lipinski definition) is 1. The fraction of sp³-hybridized carbons (Fsp3) is 0.143. The van der Waals surface area contributed by atoms with Crippen LogP contribution in [0.15, 0.2) is 36.4 Å². The average molecular weight is 288 g/mol. The van der Waals surface area contributed by atoms with Gasteiger partial charge in [0, 0.05) is 11.1 Å². The highest BCUT2D eigenvalue weighted by Crippen LogP contribution is 2.28. The predicted octanol–water partition coefficient (Wildman–Crippen LogP) is 4.12. The summed E-state index contributed by atoms with van der Waals surface area (Å²) < 4.78 is 64.1. The molecular weight excluding hydrogens is 279 g/mol. The van der Waals surface area contributed by atoms with Gasteiger partial charge < -0.3 is 5.11 Å². The minimum Gasteiger partial charge on any atom is -0.384 e. The van der Waals surface area contributed by atoms with E-state index in [1.54, 1.807) is 0 Å². The molecule has 0 aromatic heterocycles. The van der Waals surface area contributed by atoms with Crippen LogP contribution in [0.1, 0.15) is 29.2 Å². The standard InChI is InChI=1S/C14H9F5O/c15-10-6-5-9(11(16)12(10)17)13(20)7-1-3-8(4-2-7)14(18)19/h1-6,13-14,20H. The second kappa shape index (κ2) is 5.58. The van der Waals surface area contributed by atoms with E-state index in [1.165, 1.54) is 12.1 Å². The lowest BCUT2D eigenvalue weighted by molar-refractivity contribution is 0.151. The van der Waals surface area contributed by atoms with Crippen LogP contribution in [0.25, 0.3) is 0 Å². The number of hydrogen-bond donors (Lipinski definition) is 1. The molecule has 0 fully saturated rings. The number of halogens is 5. The minimum atomic E-state index is -2.67. The second-order valence-corrected chi connectivity index (χ2v) is 4.13. The summed E-state index contributed by atoms with van der Waals surface area (Å²) in [5.74, 6) is -4.56. The van der Waals surface area contributed by atoms with Crippen LogP contribution in [0.4, 0.5) is 22.0 Å². The third-order valence-corrected chi connectivity index (χ3v) is 2.86. The maximum Gasteiger partial charge on any atom is 0.263 e. The molecule has 1 N–H and O–H groups in total. The maximum absolute atomic E-state index is 13.5. The third-order valence-electron chi connectivity index (χ3n) is 2.86. The van der Waals surface area contributed by atoms with Crippen LogP contribution >= 0.6 is 0 Å². The molecule has 0 spiro atoms. The molecule has 1 atom stereocenters. The monoisotopic (exact) mass is 288 g/mol. The van der Waals surface area contributed by atoms with Crippen molar-refractivity contribution in [2.75, 3.05) is 0 Å². The summed E-state index contributed by atoms with van der Waals surface area (Å²) in [5, 5.41) is 9.90. The van der Waals surface area contributed by atoms with Gasteiger partial charge in [-0.05, 0) is 11.6 Å². The van der Waals surface area contributed by atoms with Crippen LogP contribution in [0, 0.1) is 17.5 Å². The molecule has 1 nitrogen and oxygen atoms in total. The van der Waals surface area contributed by atoms with Crippen LogP contribution in [0.3, 0.4) is 0 Å². The first kappa shape index (κ1) is 14.5. The Hall–Kier alpha value is -1.95. The average Bonchev–Trinajstić information content (AvgIpc) is 2.44.